The highest BCUT2D eigenvalue weighted by molar-refractivity contribution is 7.84. The summed E-state index contributed by atoms with van der Waals surface area (Å²) < 4.78 is 37.9. The van der Waals surface area contributed by atoms with Crippen LogP contribution in [-0.4, -0.2) is 13.3 Å². The summed E-state index contributed by atoms with van der Waals surface area (Å²) in [5.74, 6) is -1.01. The van der Waals surface area contributed by atoms with Crippen molar-refractivity contribution in [1.29, 1.82) is 0 Å². The van der Waals surface area contributed by atoms with E-state index >= 15 is 0 Å². The molecular formula is C7H7FN2O5S. The zero-order valence-electron chi connectivity index (χ0n) is 7.79. The summed E-state index contributed by atoms with van der Waals surface area (Å²) in [7, 11) is -4.13. The van der Waals surface area contributed by atoms with Gasteiger partial charge in [-0.1, -0.05) is 6.07 Å². The van der Waals surface area contributed by atoms with Gasteiger partial charge in [-0.05, 0) is 11.6 Å². The van der Waals surface area contributed by atoms with Crippen LogP contribution in [0.1, 0.15) is 5.56 Å². The highest BCUT2D eigenvalue weighted by Gasteiger charge is 2.15. The summed E-state index contributed by atoms with van der Waals surface area (Å²) in [5, 5.41) is 14.9. The van der Waals surface area contributed by atoms with E-state index in [0.717, 1.165) is 18.2 Å². The maximum Gasteiger partial charge on any atom is 0.333 e. The van der Waals surface area contributed by atoms with E-state index in [0.29, 0.717) is 0 Å². The molecule has 0 aliphatic rings. The molecule has 1 rings (SSSR count). The van der Waals surface area contributed by atoms with Crippen molar-refractivity contribution in [1.82, 2.24) is 0 Å². The largest absolute Gasteiger partial charge is 0.333 e. The molecule has 0 atom stereocenters. The number of halogens is 1. The Hall–Kier alpha value is -1.58. The van der Waals surface area contributed by atoms with Gasteiger partial charge in [-0.25, -0.2) is 5.14 Å². The number of nitro benzene ring substituents is 1. The molecule has 0 heterocycles. The van der Waals surface area contributed by atoms with Gasteiger partial charge in [0.25, 0.3) is 0 Å². The standard InChI is InChI=1S/C7H7FN2O5S/c8-6-2-1-5(3-7(6)10(11)12)4-15-16(9,13)14/h1-3H,4H2,(H2,9,13,14). The van der Waals surface area contributed by atoms with Gasteiger partial charge in [0.15, 0.2) is 0 Å². The van der Waals surface area contributed by atoms with Crippen molar-refractivity contribution >= 4 is 16.0 Å². The molecule has 16 heavy (non-hydrogen) atoms. The van der Waals surface area contributed by atoms with Crippen LogP contribution in [0.25, 0.3) is 0 Å². The Labute approximate surface area is 90.0 Å². The molecule has 0 bridgehead atoms. The molecule has 0 aliphatic carbocycles. The Bertz CT molecular complexity index is 516. The number of hydrogen-bond donors (Lipinski definition) is 1. The Morgan fingerprint density at radius 3 is 2.62 bits per heavy atom. The lowest BCUT2D eigenvalue weighted by Crippen LogP contribution is -2.15. The van der Waals surface area contributed by atoms with E-state index in [1.807, 2.05) is 0 Å². The molecule has 0 saturated heterocycles. The number of hydrogen-bond acceptors (Lipinski definition) is 5. The van der Waals surface area contributed by atoms with E-state index in [2.05, 4.69) is 9.32 Å². The number of nitrogens with zero attached hydrogens (tertiary/aromatic N) is 1. The maximum atomic E-state index is 12.9. The normalized spacial score (nSPS) is 11.4. The first-order chi connectivity index (χ1) is 7.29. The predicted molar refractivity (Wildman–Crippen MR) is 51.0 cm³/mol. The first kappa shape index (κ1) is 12.5. The molecule has 2 N–H and O–H groups in total. The number of rotatable bonds is 4. The summed E-state index contributed by atoms with van der Waals surface area (Å²) in [6.07, 6.45) is 0. The minimum absolute atomic E-state index is 0.127. The number of nitro groups is 1. The van der Waals surface area contributed by atoms with Crippen LogP contribution in [0, 0.1) is 15.9 Å². The average molecular weight is 250 g/mol. The smallest absolute Gasteiger partial charge is 0.258 e. The van der Waals surface area contributed by atoms with E-state index in [-0.39, 0.29) is 5.56 Å². The molecule has 1 aromatic rings. The van der Waals surface area contributed by atoms with Gasteiger partial charge in [-0.15, -0.1) is 0 Å². The second kappa shape index (κ2) is 4.51. The molecule has 0 spiro atoms. The predicted octanol–water partition coefficient (Wildman–Crippen LogP) is 0.454. The van der Waals surface area contributed by atoms with Gasteiger partial charge in [0.1, 0.15) is 0 Å². The fraction of sp³-hybridized carbons (Fsp3) is 0.143. The summed E-state index contributed by atoms with van der Waals surface area (Å²) in [6, 6.07) is 2.88. The highest BCUT2D eigenvalue weighted by Crippen LogP contribution is 2.19. The average Bonchev–Trinajstić information content (AvgIpc) is 2.14. The SMILES string of the molecule is NS(=O)(=O)OCc1ccc(F)c([N+](=O)[O-])c1. The molecule has 88 valence electrons. The van der Waals surface area contributed by atoms with Gasteiger partial charge in [-0.3, -0.25) is 14.3 Å². The van der Waals surface area contributed by atoms with E-state index in [1.165, 1.54) is 0 Å². The van der Waals surface area contributed by atoms with Crippen molar-refractivity contribution < 1.29 is 21.9 Å². The lowest BCUT2D eigenvalue weighted by atomic mass is 10.2. The molecule has 0 aromatic heterocycles. The van der Waals surface area contributed by atoms with Crippen LogP contribution in [0.3, 0.4) is 0 Å². The summed E-state index contributed by atoms with van der Waals surface area (Å²) in [5.41, 5.74) is -0.627. The van der Waals surface area contributed by atoms with E-state index in [1.54, 1.807) is 0 Å². The fourth-order valence-corrected chi connectivity index (χ4v) is 1.24. The van der Waals surface area contributed by atoms with Crippen LogP contribution in [-0.2, 0) is 21.1 Å². The lowest BCUT2D eigenvalue weighted by Gasteiger charge is -2.01. The summed E-state index contributed by atoms with van der Waals surface area (Å²) in [4.78, 5) is 9.44. The second-order valence-corrected chi connectivity index (χ2v) is 4.02. The molecule has 0 radical (unpaired) electrons. The summed E-state index contributed by atoms with van der Waals surface area (Å²) >= 11 is 0. The van der Waals surface area contributed by atoms with Crippen LogP contribution in [0.5, 0.6) is 0 Å². The Kier molecular flexibility index (Phi) is 3.52. The Morgan fingerprint density at radius 2 is 2.12 bits per heavy atom. The molecule has 7 nitrogen and oxygen atoms in total. The minimum Gasteiger partial charge on any atom is -0.258 e. The zero-order valence-corrected chi connectivity index (χ0v) is 8.61. The van der Waals surface area contributed by atoms with Crippen LogP contribution >= 0.6 is 0 Å². The lowest BCUT2D eigenvalue weighted by molar-refractivity contribution is -0.387. The van der Waals surface area contributed by atoms with Crippen molar-refractivity contribution in [2.24, 2.45) is 5.14 Å². The van der Waals surface area contributed by atoms with Gasteiger partial charge >= 0.3 is 16.0 Å². The quantitative estimate of drug-likeness (QED) is 0.615. The fourth-order valence-electron chi connectivity index (χ4n) is 0.938. The second-order valence-electron chi connectivity index (χ2n) is 2.80. The van der Waals surface area contributed by atoms with E-state index < -0.39 is 33.3 Å². The van der Waals surface area contributed by atoms with Gasteiger partial charge in [0, 0.05) is 6.07 Å². The van der Waals surface area contributed by atoms with Crippen LogP contribution in [0.15, 0.2) is 18.2 Å². The molecule has 0 saturated carbocycles. The summed E-state index contributed by atoms with van der Waals surface area (Å²) in [6.45, 7) is -0.486. The van der Waals surface area contributed by atoms with E-state index in [9.17, 15) is 22.9 Å². The van der Waals surface area contributed by atoms with E-state index in [4.69, 9.17) is 0 Å². The van der Waals surface area contributed by atoms with Gasteiger partial charge in [0.2, 0.25) is 5.82 Å². The van der Waals surface area contributed by atoms with Crippen LogP contribution < -0.4 is 5.14 Å². The van der Waals surface area contributed by atoms with Gasteiger partial charge in [-0.2, -0.15) is 12.8 Å². The first-order valence-corrected chi connectivity index (χ1v) is 5.37. The van der Waals surface area contributed by atoms with Crippen molar-refractivity contribution in [3.8, 4) is 0 Å². The van der Waals surface area contributed by atoms with Gasteiger partial charge in [0.05, 0.1) is 11.5 Å². The Balaban J connectivity index is 2.91. The van der Waals surface area contributed by atoms with Crippen molar-refractivity contribution in [2.75, 3.05) is 0 Å². The third-order valence-electron chi connectivity index (χ3n) is 1.60. The number of nitrogens with two attached hydrogens (primary N) is 1. The monoisotopic (exact) mass is 250 g/mol. The zero-order chi connectivity index (χ0) is 12.3. The van der Waals surface area contributed by atoms with Gasteiger partial charge < -0.3 is 0 Å². The number of benzene rings is 1. The van der Waals surface area contributed by atoms with Crippen LogP contribution in [0.4, 0.5) is 10.1 Å². The molecule has 0 aliphatic heterocycles. The van der Waals surface area contributed by atoms with Crippen molar-refractivity contribution in [2.45, 2.75) is 6.61 Å². The molecule has 9 heteroatoms. The molecule has 0 fully saturated rings. The van der Waals surface area contributed by atoms with Crippen LogP contribution in [0.2, 0.25) is 0 Å². The molecule has 1 aromatic carbocycles. The topological polar surface area (TPSA) is 113 Å². The highest BCUT2D eigenvalue weighted by atomic mass is 32.2. The molecule has 0 unspecified atom stereocenters. The van der Waals surface area contributed by atoms with Crippen molar-refractivity contribution in [3.05, 3.63) is 39.7 Å². The maximum absolute atomic E-state index is 12.9. The molecular weight excluding hydrogens is 243 g/mol. The minimum atomic E-state index is -4.13. The third kappa shape index (κ3) is 3.53. The Morgan fingerprint density at radius 1 is 1.50 bits per heavy atom. The van der Waals surface area contributed by atoms with Crippen molar-refractivity contribution in [3.63, 3.8) is 0 Å². The first-order valence-electron chi connectivity index (χ1n) is 3.89. The third-order valence-corrected chi connectivity index (χ3v) is 2.04. The molecule has 0 amide bonds.